The Bertz CT molecular complexity index is 583. The average molecular weight is 327 g/mol. The number of ether oxygens (including phenoxy) is 1. The molecule has 0 radical (unpaired) electrons. The van der Waals surface area contributed by atoms with Crippen molar-refractivity contribution in [1.29, 1.82) is 0 Å². The standard InChI is InChI=1S/C12H11BrN2O2S/c1-17-10-6-7(2-3-9(10)14)15-12(16)11-8(13)4-5-18-11/h2-6H,14H2,1H3,(H,15,16). The molecule has 3 N–H and O–H groups in total. The fourth-order valence-electron chi connectivity index (χ4n) is 1.43. The van der Waals surface area contributed by atoms with Gasteiger partial charge in [0.15, 0.2) is 0 Å². The molecule has 0 atom stereocenters. The summed E-state index contributed by atoms with van der Waals surface area (Å²) < 4.78 is 5.88. The van der Waals surface area contributed by atoms with Crippen molar-refractivity contribution in [2.45, 2.75) is 0 Å². The lowest BCUT2D eigenvalue weighted by atomic mass is 10.2. The molecule has 6 heteroatoms. The lowest BCUT2D eigenvalue weighted by Crippen LogP contribution is -2.10. The van der Waals surface area contributed by atoms with Crippen molar-refractivity contribution in [2.75, 3.05) is 18.2 Å². The fraction of sp³-hybridized carbons (Fsp3) is 0.0833. The summed E-state index contributed by atoms with van der Waals surface area (Å²) in [4.78, 5) is 12.6. The van der Waals surface area contributed by atoms with Crippen LogP contribution in [-0.4, -0.2) is 13.0 Å². The molecule has 0 saturated carbocycles. The first kappa shape index (κ1) is 12.9. The second-order valence-electron chi connectivity index (χ2n) is 3.51. The number of carbonyl (C=O) groups is 1. The van der Waals surface area contributed by atoms with Crippen LogP contribution in [-0.2, 0) is 0 Å². The first-order chi connectivity index (χ1) is 8.61. The Morgan fingerprint density at radius 2 is 2.22 bits per heavy atom. The highest BCUT2D eigenvalue weighted by Gasteiger charge is 2.12. The number of methoxy groups -OCH3 is 1. The van der Waals surface area contributed by atoms with Gasteiger partial charge in [0, 0.05) is 16.2 Å². The van der Waals surface area contributed by atoms with Gasteiger partial charge in [-0.05, 0) is 39.5 Å². The highest BCUT2D eigenvalue weighted by atomic mass is 79.9. The molecule has 1 amide bonds. The van der Waals surface area contributed by atoms with Crippen LogP contribution < -0.4 is 15.8 Å². The molecule has 0 saturated heterocycles. The summed E-state index contributed by atoms with van der Waals surface area (Å²) in [6, 6.07) is 6.95. The van der Waals surface area contributed by atoms with E-state index in [1.54, 1.807) is 18.2 Å². The Morgan fingerprint density at radius 1 is 1.44 bits per heavy atom. The van der Waals surface area contributed by atoms with E-state index in [1.165, 1.54) is 18.4 Å². The quantitative estimate of drug-likeness (QED) is 0.850. The van der Waals surface area contributed by atoms with Crippen LogP contribution in [0.25, 0.3) is 0 Å². The first-order valence-electron chi connectivity index (χ1n) is 5.09. The molecule has 0 spiro atoms. The molecule has 1 aromatic heterocycles. The van der Waals surface area contributed by atoms with Gasteiger partial charge in [-0.2, -0.15) is 0 Å². The van der Waals surface area contributed by atoms with Crippen LogP contribution in [0.5, 0.6) is 5.75 Å². The van der Waals surface area contributed by atoms with E-state index in [0.717, 1.165) is 4.47 Å². The molecule has 0 aliphatic heterocycles. The van der Waals surface area contributed by atoms with Gasteiger partial charge in [-0.25, -0.2) is 0 Å². The van der Waals surface area contributed by atoms with E-state index in [9.17, 15) is 4.79 Å². The van der Waals surface area contributed by atoms with Gasteiger partial charge in [0.25, 0.3) is 5.91 Å². The minimum absolute atomic E-state index is 0.163. The molecule has 0 aliphatic rings. The zero-order valence-corrected chi connectivity index (χ0v) is 12.0. The van der Waals surface area contributed by atoms with E-state index in [1.807, 2.05) is 11.4 Å². The minimum atomic E-state index is -0.163. The summed E-state index contributed by atoms with van der Waals surface area (Å²) in [5, 5.41) is 4.64. The number of amides is 1. The number of rotatable bonds is 3. The third kappa shape index (κ3) is 2.65. The van der Waals surface area contributed by atoms with Crippen LogP contribution in [0, 0.1) is 0 Å². The summed E-state index contributed by atoms with van der Waals surface area (Å²) in [7, 11) is 1.53. The maximum Gasteiger partial charge on any atom is 0.266 e. The normalized spacial score (nSPS) is 10.1. The second kappa shape index (κ2) is 5.41. The SMILES string of the molecule is COc1cc(NC(=O)c2sccc2Br)ccc1N. The van der Waals surface area contributed by atoms with E-state index >= 15 is 0 Å². The maximum atomic E-state index is 12.0. The number of hydrogen-bond donors (Lipinski definition) is 2. The molecule has 18 heavy (non-hydrogen) atoms. The van der Waals surface area contributed by atoms with Crippen molar-refractivity contribution < 1.29 is 9.53 Å². The van der Waals surface area contributed by atoms with Crippen molar-refractivity contribution >= 4 is 44.5 Å². The highest BCUT2D eigenvalue weighted by molar-refractivity contribution is 9.10. The van der Waals surface area contributed by atoms with Gasteiger partial charge < -0.3 is 15.8 Å². The Balaban J connectivity index is 2.20. The molecule has 1 heterocycles. The van der Waals surface area contributed by atoms with Crippen LogP contribution in [0.4, 0.5) is 11.4 Å². The van der Waals surface area contributed by atoms with Crippen molar-refractivity contribution in [2.24, 2.45) is 0 Å². The molecular weight excluding hydrogens is 316 g/mol. The monoisotopic (exact) mass is 326 g/mol. The number of nitrogens with one attached hydrogen (secondary N) is 1. The van der Waals surface area contributed by atoms with E-state index in [-0.39, 0.29) is 5.91 Å². The van der Waals surface area contributed by atoms with Crippen molar-refractivity contribution in [3.63, 3.8) is 0 Å². The molecule has 0 fully saturated rings. The number of nitrogen functional groups attached to an aromatic ring is 1. The van der Waals surface area contributed by atoms with Gasteiger partial charge in [-0.15, -0.1) is 11.3 Å². The van der Waals surface area contributed by atoms with Gasteiger partial charge >= 0.3 is 0 Å². The minimum Gasteiger partial charge on any atom is -0.495 e. The van der Waals surface area contributed by atoms with E-state index in [2.05, 4.69) is 21.2 Å². The number of thiophene rings is 1. The van der Waals surface area contributed by atoms with Gasteiger partial charge in [0.2, 0.25) is 0 Å². The third-order valence-electron chi connectivity index (χ3n) is 2.31. The van der Waals surface area contributed by atoms with Crippen LogP contribution in [0.2, 0.25) is 0 Å². The number of benzene rings is 1. The molecule has 94 valence electrons. The Hall–Kier alpha value is -1.53. The molecule has 0 aliphatic carbocycles. The van der Waals surface area contributed by atoms with E-state index in [4.69, 9.17) is 10.5 Å². The number of nitrogens with two attached hydrogens (primary N) is 1. The summed E-state index contributed by atoms with van der Waals surface area (Å²) in [6.45, 7) is 0. The largest absolute Gasteiger partial charge is 0.495 e. The first-order valence-corrected chi connectivity index (χ1v) is 6.77. The number of carbonyl (C=O) groups excluding carboxylic acids is 1. The van der Waals surface area contributed by atoms with Crippen LogP contribution in [0.15, 0.2) is 34.1 Å². The molecular formula is C12H11BrN2O2S. The molecule has 1 aromatic carbocycles. The van der Waals surface area contributed by atoms with Crippen molar-refractivity contribution in [3.8, 4) is 5.75 Å². The third-order valence-corrected chi connectivity index (χ3v) is 4.15. The second-order valence-corrected chi connectivity index (χ2v) is 5.28. The Morgan fingerprint density at radius 3 is 2.83 bits per heavy atom. The lowest BCUT2D eigenvalue weighted by molar-refractivity contribution is 0.103. The lowest BCUT2D eigenvalue weighted by Gasteiger charge is -2.08. The van der Waals surface area contributed by atoms with E-state index < -0.39 is 0 Å². The zero-order chi connectivity index (χ0) is 13.1. The average Bonchev–Trinajstić information content (AvgIpc) is 2.78. The van der Waals surface area contributed by atoms with Crippen molar-refractivity contribution in [3.05, 3.63) is 39.0 Å². The van der Waals surface area contributed by atoms with Gasteiger partial charge in [0.05, 0.1) is 12.8 Å². The topological polar surface area (TPSA) is 64.3 Å². The van der Waals surface area contributed by atoms with Gasteiger partial charge in [-0.3, -0.25) is 4.79 Å². The fourth-order valence-corrected chi connectivity index (χ4v) is 2.88. The molecule has 0 unspecified atom stereocenters. The van der Waals surface area contributed by atoms with Gasteiger partial charge in [-0.1, -0.05) is 0 Å². The summed E-state index contributed by atoms with van der Waals surface area (Å²) in [5.41, 5.74) is 6.89. The highest BCUT2D eigenvalue weighted by Crippen LogP contribution is 2.27. The summed E-state index contributed by atoms with van der Waals surface area (Å²) in [5.74, 6) is 0.377. The van der Waals surface area contributed by atoms with Crippen LogP contribution in [0.1, 0.15) is 9.67 Å². The molecule has 4 nitrogen and oxygen atoms in total. The molecule has 0 bridgehead atoms. The number of anilines is 2. The predicted molar refractivity (Wildman–Crippen MR) is 77.4 cm³/mol. The summed E-state index contributed by atoms with van der Waals surface area (Å²) >= 11 is 4.70. The number of halogens is 1. The van der Waals surface area contributed by atoms with Crippen LogP contribution in [0.3, 0.4) is 0 Å². The molecule has 2 rings (SSSR count). The van der Waals surface area contributed by atoms with Gasteiger partial charge in [0.1, 0.15) is 10.6 Å². The number of hydrogen-bond acceptors (Lipinski definition) is 4. The summed E-state index contributed by atoms with van der Waals surface area (Å²) in [6.07, 6.45) is 0. The van der Waals surface area contributed by atoms with Crippen molar-refractivity contribution in [1.82, 2.24) is 0 Å². The van der Waals surface area contributed by atoms with Crippen LogP contribution >= 0.6 is 27.3 Å². The maximum absolute atomic E-state index is 12.0. The Kier molecular flexibility index (Phi) is 3.88. The predicted octanol–water partition coefficient (Wildman–Crippen LogP) is 3.35. The van der Waals surface area contributed by atoms with E-state index in [0.29, 0.717) is 22.0 Å². The smallest absolute Gasteiger partial charge is 0.266 e. The Labute approximate surface area is 117 Å². The molecule has 2 aromatic rings. The zero-order valence-electron chi connectivity index (χ0n) is 9.57.